The first-order valence-electron chi connectivity index (χ1n) is 15.8. The first-order valence-corrected chi connectivity index (χ1v) is 18.3. The molecule has 1 saturated carbocycles. The third kappa shape index (κ3) is 5.90. The van der Waals surface area contributed by atoms with Crippen molar-refractivity contribution < 1.29 is 8.42 Å². The van der Waals surface area contributed by atoms with Crippen molar-refractivity contribution in [3.8, 4) is 11.4 Å². The number of likely N-dealkylation sites (tertiary alicyclic amines) is 1. The molecular weight excluding hydrogens is 608 g/mol. The zero-order chi connectivity index (χ0) is 31.6. The van der Waals surface area contributed by atoms with Gasteiger partial charge in [0.2, 0.25) is 0 Å². The van der Waals surface area contributed by atoms with Gasteiger partial charge in [0.05, 0.1) is 17.4 Å². The molecule has 1 N–H and O–H groups in total. The van der Waals surface area contributed by atoms with Crippen LogP contribution in [0.25, 0.3) is 22.2 Å². The normalized spacial score (nSPS) is 25.2. The Morgan fingerprint density at radius 3 is 2.49 bits per heavy atom. The Balaban J connectivity index is 1.13. The van der Waals surface area contributed by atoms with E-state index in [0.717, 1.165) is 59.8 Å². The first-order chi connectivity index (χ1) is 21.4. The van der Waals surface area contributed by atoms with Gasteiger partial charge >= 0.3 is 0 Å². The predicted octanol–water partition coefficient (Wildman–Crippen LogP) is 5.79. The van der Waals surface area contributed by atoms with Crippen LogP contribution in [0.5, 0.6) is 0 Å². The molecule has 12 heteroatoms. The van der Waals surface area contributed by atoms with Crippen LogP contribution in [0.3, 0.4) is 0 Å². The van der Waals surface area contributed by atoms with Crippen LogP contribution in [0.2, 0.25) is 5.15 Å². The van der Waals surface area contributed by atoms with E-state index in [-0.39, 0.29) is 17.7 Å². The van der Waals surface area contributed by atoms with E-state index in [4.69, 9.17) is 21.6 Å². The van der Waals surface area contributed by atoms with Crippen molar-refractivity contribution in [1.29, 1.82) is 0 Å². The van der Waals surface area contributed by atoms with Gasteiger partial charge in [0.25, 0.3) is 0 Å². The molecule has 3 fully saturated rings. The molecule has 4 atom stereocenters. The number of sulfone groups is 1. The molecule has 2 aliphatic heterocycles. The lowest BCUT2D eigenvalue weighted by atomic mass is 9.88. The molecule has 2 unspecified atom stereocenters. The Morgan fingerprint density at radius 2 is 1.80 bits per heavy atom. The Hall–Kier alpha value is -3.28. The highest BCUT2D eigenvalue weighted by Crippen LogP contribution is 2.44. The van der Waals surface area contributed by atoms with Crippen molar-refractivity contribution in [3.05, 3.63) is 53.6 Å². The molecule has 4 aromatic rings. The summed E-state index contributed by atoms with van der Waals surface area (Å²) in [4.78, 5) is 18.8. The molecule has 238 valence electrons. The summed E-state index contributed by atoms with van der Waals surface area (Å²) in [5, 5.41) is 10.6. The minimum Gasteiger partial charge on any atom is -0.368 e. The van der Waals surface area contributed by atoms with E-state index >= 15 is 0 Å². The molecule has 5 heterocycles. The number of nitrogens with one attached hydrogen (secondary N) is 1. The minimum atomic E-state index is -3.02. The van der Waals surface area contributed by atoms with Crippen molar-refractivity contribution in [1.82, 2.24) is 29.6 Å². The lowest BCUT2D eigenvalue weighted by molar-refractivity contribution is 0.342. The van der Waals surface area contributed by atoms with Gasteiger partial charge in [0.15, 0.2) is 11.0 Å². The summed E-state index contributed by atoms with van der Waals surface area (Å²) in [6, 6.07) is 8.72. The first kappa shape index (κ1) is 30.4. The van der Waals surface area contributed by atoms with Gasteiger partial charge in [0.1, 0.15) is 21.5 Å². The Bertz CT molecular complexity index is 1850. The zero-order valence-electron chi connectivity index (χ0n) is 26.5. The van der Waals surface area contributed by atoms with Crippen LogP contribution in [0.1, 0.15) is 51.1 Å². The Labute approximate surface area is 270 Å². The fourth-order valence-electron chi connectivity index (χ4n) is 7.77. The van der Waals surface area contributed by atoms with Crippen LogP contribution in [0.4, 0.5) is 17.3 Å². The summed E-state index contributed by atoms with van der Waals surface area (Å²) in [6.45, 7) is 9.51. The Kier molecular flexibility index (Phi) is 7.77. The number of pyridine rings is 1. The van der Waals surface area contributed by atoms with Gasteiger partial charge in [-0.2, -0.15) is 5.10 Å². The third-order valence-electron chi connectivity index (χ3n) is 10.1. The molecule has 1 aromatic carbocycles. The SMILES string of the molecule is CC(C)c1ccc(N2C[C@H](CS(C)(=O)=O)[C@H]2C)c2cnc(Nc3ccnc(-c4cn(C5CC6CN(C)CC6C5)nc4Cl)n3)cc12. The van der Waals surface area contributed by atoms with E-state index in [9.17, 15) is 8.42 Å². The molecule has 0 spiro atoms. The standard InChI is InChI=1S/C33H41ClN8O2S/c1-19(2)25-6-7-29(41-16-23(20(41)3)18-45(5,43)44)27-13-36-31(12-26(25)27)37-30-8-9-35-33(38-30)28-17-42(39-32(28)34)24-10-21-14-40(4)15-22(21)11-24/h6-9,12-13,17,19-24H,10-11,14-16,18H2,1-5H3,(H,35,36,37,38)/t20-,21?,22?,23-,24?/m1/s1. The minimum absolute atomic E-state index is 0.126. The van der Waals surface area contributed by atoms with E-state index in [0.29, 0.717) is 41.1 Å². The summed E-state index contributed by atoms with van der Waals surface area (Å²) in [7, 11) is -0.816. The highest BCUT2D eigenvalue weighted by molar-refractivity contribution is 7.90. The number of hydrogen-bond donors (Lipinski definition) is 1. The van der Waals surface area contributed by atoms with Crippen LogP contribution >= 0.6 is 11.6 Å². The predicted molar refractivity (Wildman–Crippen MR) is 180 cm³/mol. The smallest absolute Gasteiger partial charge is 0.166 e. The van der Waals surface area contributed by atoms with Gasteiger partial charge in [-0.1, -0.05) is 31.5 Å². The molecule has 3 aliphatic rings. The van der Waals surface area contributed by atoms with Crippen molar-refractivity contribution >= 4 is 49.5 Å². The van der Waals surface area contributed by atoms with Gasteiger partial charge in [-0.3, -0.25) is 4.68 Å². The van der Waals surface area contributed by atoms with E-state index in [1.807, 2.05) is 23.1 Å². The molecule has 0 amide bonds. The van der Waals surface area contributed by atoms with Crippen LogP contribution < -0.4 is 10.2 Å². The number of nitrogens with zero attached hydrogens (tertiary/aromatic N) is 7. The average molecular weight is 649 g/mol. The van der Waals surface area contributed by atoms with Gasteiger partial charge in [-0.05, 0) is 73.7 Å². The molecule has 1 aliphatic carbocycles. The van der Waals surface area contributed by atoms with Crippen LogP contribution in [0.15, 0.2) is 42.9 Å². The number of hydrogen-bond acceptors (Lipinski definition) is 9. The van der Waals surface area contributed by atoms with Gasteiger partial charge in [0, 0.05) is 67.5 Å². The molecule has 2 saturated heterocycles. The molecular formula is C33H41ClN8O2S. The van der Waals surface area contributed by atoms with Gasteiger partial charge in [-0.25, -0.2) is 23.4 Å². The maximum Gasteiger partial charge on any atom is 0.166 e. The molecule has 0 radical (unpaired) electrons. The topological polar surface area (TPSA) is 109 Å². The molecule has 3 aromatic heterocycles. The maximum absolute atomic E-state index is 11.9. The molecule has 45 heavy (non-hydrogen) atoms. The lowest BCUT2D eigenvalue weighted by Gasteiger charge is -2.48. The number of benzene rings is 1. The average Bonchev–Trinajstić information content (AvgIpc) is 3.66. The molecule has 0 bridgehead atoms. The fraction of sp³-hybridized carbons (Fsp3) is 0.515. The number of fused-ring (bicyclic) bond motifs is 2. The largest absolute Gasteiger partial charge is 0.368 e. The number of aromatic nitrogens is 5. The van der Waals surface area contributed by atoms with Crippen LogP contribution in [-0.2, 0) is 9.84 Å². The van der Waals surface area contributed by atoms with E-state index in [1.165, 1.54) is 11.8 Å². The van der Waals surface area contributed by atoms with Crippen LogP contribution in [-0.4, -0.2) is 82.8 Å². The van der Waals surface area contributed by atoms with E-state index in [2.05, 4.69) is 71.2 Å². The summed E-state index contributed by atoms with van der Waals surface area (Å²) >= 11 is 6.65. The maximum atomic E-state index is 11.9. The second kappa shape index (κ2) is 11.5. The second-order valence-corrected chi connectivity index (χ2v) is 16.3. The van der Waals surface area contributed by atoms with Crippen molar-refractivity contribution in [2.45, 2.75) is 51.6 Å². The monoisotopic (exact) mass is 648 g/mol. The number of anilines is 3. The quantitative estimate of drug-likeness (QED) is 0.254. The fourth-order valence-corrected chi connectivity index (χ4v) is 9.15. The summed E-state index contributed by atoms with van der Waals surface area (Å²) < 4.78 is 25.8. The Morgan fingerprint density at radius 1 is 1.04 bits per heavy atom. The van der Waals surface area contributed by atoms with Crippen molar-refractivity contribution in [3.63, 3.8) is 0 Å². The van der Waals surface area contributed by atoms with E-state index < -0.39 is 9.84 Å². The highest BCUT2D eigenvalue weighted by Gasteiger charge is 2.41. The second-order valence-electron chi connectivity index (χ2n) is 13.8. The molecule has 7 rings (SSSR count). The summed E-state index contributed by atoms with van der Waals surface area (Å²) in [5.41, 5.74) is 3.04. The molecule has 10 nitrogen and oxygen atoms in total. The third-order valence-corrected chi connectivity index (χ3v) is 11.4. The lowest BCUT2D eigenvalue weighted by Crippen LogP contribution is -2.57. The number of halogens is 1. The van der Waals surface area contributed by atoms with Crippen molar-refractivity contribution in [2.75, 3.05) is 48.9 Å². The summed E-state index contributed by atoms with van der Waals surface area (Å²) in [5.74, 6) is 3.93. The van der Waals surface area contributed by atoms with Crippen LogP contribution in [0, 0.1) is 17.8 Å². The van der Waals surface area contributed by atoms with Gasteiger partial charge < -0.3 is 15.1 Å². The zero-order valence-corrected chi connectivity index (χ0v) is 28.1. The van der Waals surface area contributed by atoms with E-state index in [1.54, 1.807) is 6.20 Å². The van der Waals surface area contributed by atoms with Gasteiger partial charge in [-0.15, -0.1) is 0 Å². The van der Waals surface area contributed by atoms with Crippen molar-refractivity contribution in [2.24, 2.45) is 17.8 Å². The number of rotatable bonds is 8. The highest BCUT2D eigenvalue weighted by atomic mass is 35.5. The summed E-state index contributed by atoms with van der Waals surface area (Å²) in [6.07, 6.45) is 9.20.